The zero-order valence-corrected chi connectivity index (χ0v) is 46.9. The van der Waals surface area contributed by atoms with Gasteiger partial charge in [0.1, 0.15) is 59.8 Å². The molecule has 0 saturated heterocycles. The minimum atomic E-state index is -0.181. The van der Waals surface area contributed by atoms with Gasteiger partial charge in [-0.2, -0.15) is 0 Å². The number of Topliss-reactive ketones (excluding diaryl/α,β-unsaturated/α-hetero) is 3. The van der Waals surface area contributed by atoms with Crippen molar-refractivity contribution in [3.05, 3.63) is 191 Å². The van der Waals surface area contributed by atoms with Crippen molar-refractivity contribution >= 4 is 79.6 Å². The van der Waals surface area contributed by atoms with Crippen molar-refractivity contribution in [2.45, 2.75) is 48.5 Å². The number of hydrogen-bond acceptors (Lipinski definition) is 13. The molecule has 0 atom stereocenters. The van der Waals surface area contributed by atoms with Gasteiger partial charge >= 0.3 is 103 Å². The number of halogens is 2. The summed E-state index contributed by atoms with van der Waals surface area (Å²) in [5, 5.41) is 20.0. The molecule has 0 radical (unpaired) electrons. The number of benzene rings is 6. The number of ether oxygens (including phenoxy) is 3. The van der Waals surface area contributed by atoms with Crippen molar-refractivity contribution in [3.8, 4) is 23.0 Å². The normalized spacial score (nSPS) is 9.37. The van der Waals surface area contributed by atoms with Crippen LogP contribution in [-0.4, -0.2) is 46.4 Å². The van der Waals surface area contributed by atoms with E-state index in [-0.39, 0.29) is 165 Å². The molecular formula is C54H54BrClK2O13. The topological polar surface area (TPSA) is 192 Å². The summed E-state index contributed by atoms with van der Waals surface area (Å²) in [5.41, 5.74) is 4.85. The summed E-state index contributed by atoms with van der Waals surface area (Å²) in [6.07, 6.45) is 0.607. The molecule has 0 aliphatic carbocycles. The number of phenols is 1. The van der Waals surface area contributed by atoms with Crippen LogP contribution in [-0.2, 0) is 34.3 Å². The predicted octanol–water partition coefficient (Wildman–Crippen LogP) is 6.23. The molecule has 0 spiro atoms. The number of hydrogen-bond donors (Lipinski definition) is 1. The van der Waals surface area contributed by atoms with E-state index in [4.69, 9.17) is 44.7 Å². The molecule has 17 heteroatoms. The number of carbonyl (C=O) groups excluding carboxylic acids is 5. The van der Waals surface area contributed by atoms with Crippen molar-refractivity contribution < 1.29 is 166 Å². The number of aldehydes is 1. The van der Waals surface area contributed by atoms with Crippen LogP contribution in [0.5, 0.6) is 23.0 Å². The second kappa shape index (κ2) is 37.5. The molecule has 71 heavy (non-hydrogen) atoms. The Labute approximate surface area is 513 Å². The quantitative estimate of drug-likeness (QED) is 0.0304. The largest absolute Gasteiger partial charge is 1.00 e. The maximum Gasteiger partial charge on any atom is 1.00 e. The molecule has 1 N–H and O–H groups in total. The molecule has 2 aromatic heterocycles. The van der Waals surface area contributed by atoms with Gasteiger partial charge in [0, 0.05) is 35.9 Å². The van der Waals surface area contributed by atoms with E-state index in [0.717, 1.165) is 39.0 Å². The molecule has 0 aliphatic rings. The van der Waals surface area contributed by atoms with E-state index in [0.29, 0.717) is 54.5 Å². The van der Waals surface area contributed by atoms with Gasteiger partial charge in [-0.15, -0.1) is 11.6 Å². The Balaban J connectivity index is 0. The fourth-order valence-corrected chi connectivity index (χ4v) is 5.79. The Hall–Kier alpha value is -4.25. The van der Waals surface area contributed by atoms with E-state index in [9.17, 15) is 24.3 Å². The van der Waals surface area contributed by atoms with Crippen molar-refractivity contribution in [2.75, 3.05) is 11.2 Å². The number of carbonyl (C=O) groups is 5. The summed E-state index contributed by atoms with van der Waals surface area (Å²) >= 11 is 8.13. The molecule has 0 amide bonds. The van der Waals surface area contributed by atoms with Crippen LogP contribution in [0, 0.1) is 0 Å². The molecule has 2 heterocycles. The van der Waals surface area contributed by atoms with E-state index >= 15 is 0 Å². The van der Waals surface area contributed by atoms with Crippen LogP contribution in [0.25, 0.3) is 21.9 Å². The van der Waals surface area contributed by atoms with Crippen molar-refractivity contribution in [1.29, 1.82) is 0 Å². The standard InChI is InChI=1S/C17H13BrO3.C17H14O3.C14H12O3.C3H5ClO.CH2O3.2CH4.2K.H/c18-10-15(19)17-8-13-6-7-14(9-16(13)21-17)20-11-12-4-2-1-3-5-12;1-12(18)16-9-14-7-8-15(10-17(14)20-16)19-11-13-5-3-2-4-6-13;15-9-12-6-7-13(8-14(12)16)17-10-11-4-2-1-3-5-11;1-3(5)2-4;2-1-4-3;;;;;/h1-9H,10-11H2;2-10H,11H2,1H3;1-9,16H,10H2;2H2,1H3;1,3H;2*1H4;;;/q;;;;;;;2*+1;-1/p-1. The Bertz CT molecular complexity index is 2810. The Morgan fingerprint density at radius 2 is 0.986 bits per heavy atom. The molecule has 0 aliphatic heterocycles. The van der Waals surface area contributed by atoms with Gasteiger partial charge < -0.3 is 39.7 Å². The van der Waals surface area contributed by atoms with E-state index in [1.54, 1.807) is 18.2 Å². The summed E-state index contributed by atoms with van der Waals surface area (Å²) in [7, 11) is 0. The number of fused-ring (bicyclic) bond motifs is 2. The number of ketones is 3. The van der Waals surface area contributed by atoms with Gasteiger partial charge in [-0.3, -0.25) is 24.0 Å². The number of phenolic OH excluding ortho intramolecular Hbond substituents is 1. The van der Waals surface area contributed by atoms with Crippen LogP contribution in [0.3, 0.4) is 0 Å². The molecule has 364 valence electrons. The third-order valence-electron chi connectivity index (χ3n) is 8.83. The summed E-state index contributed by atoms with van der Waals surface area (Å²) in [6, 6.07) is 48.9. The number of aromatic hydroxyl groups is 1. The molecule has 8 rings (SSSR count). The van der Waals surface area contributed by atoms with Gasteiger partial charge in [-0.25, -0.2) is 0 Å². The summed E-state index contributed by atoms with van der Waals surface area (Å²) < 4.78 is 28.0. The maximum absolute atomic E-state index is 11.6. The first kappa shape index (κ1) is 66.8. The maximum atomic E-state index is 11.6. The minimum absolute atomic E-state index is 0. The van der Waals surface area contributed by atoms with Crippen LogP contribution in [0.1, 0.15) is 78.3 Å². The Morgan fingerprint density at radius 1 is 0.620 bits per heavy atom. The zero-order chi connectivity index (χ0) is 48.4. The monoisotopic (exact) mass is 1100 g/mol. The van der Waals surface area contributed by atoms with Crippen molar-refractivity contribution in [2.24, 2.45) is 0 Å². The van der Waals surface area contributed by atoms with Crippen molar-refractivity contribution in [1.82, 2.24) is 0 Å². The molecule has 0 saturated carbocycles. The van der Waals surface area contributed by atoms with Crippen LogP contribution < -0.4 is 122 Å². The second-order valence-electron chi connectivity index (χ2n) is 13.9. The van der Waals surface area contributed by atoms with Crippen LogP contribution >= 0.6 is 27.5 Å². The van der Waals surface area contributed by atoms with Gasteiger partial charge in [-0.05, 0) is 72.1 Å². The summed E-state index contributed by atoms with van der Waals surface area (Å²) in [5.74, 6) is 2.67. The first-order valence-electron chi connectivity index (χ1n) is 20.2. The molecule has 0 unspecified atom stereocenters. The molecule has 0 bridgehead atoms. The Morgan fingerprint density at radius 3 is 1.32 bits per heavy atom. The minimum Gasteiger partial charge on any atom is -1.00 e. The Kier molecular flexibility index (Phi) is 35.2. The first-order chi connectivity index (χ1) is 32.5. The summed E-state index contributed by atoms with van der Waals surface area (Å²) in [4.78, 5) is 54.3. The SMILES string of the molecule is C.C.CC(=O)CCl.CC(=O)c1cc2ccc(OCc3ccccc3)cc2o1.O=C(CBr)c1cc2ccc(OCc3ccccc3)cc2o1.O=CO[O-].O=Cc1ccc(OCc2ccccc2)cc1O.[H-].[K+].[K+]. The molecule has 8 aromatic rings. The fraction of sp³-hybridized carbons (Fsp3) is 0.167. The molecular weight excluding hydrogens is 1050 g/mol. The van der Waals surface area contributed by atoms with E-state index in [1.165, 1.54) is 26.0 Å². The van der Waals surface area contributed by atoms with Crippen molar-refractivity contribution in [3.63, 3.8) is 0 Å². The zero-order valence-electron chi connectivity index (χ0n) is 39.3. The molecule has 0 fully saturated rings. The van der Waals surface area contributed by atoms with Gasteiger partial charge in [-0.1, -0.05) is 122 Å². The van der Waals surface area contributed by atoms with Gasteiger partial charge in [0.05, 0.1) is 16.8 Å². The van der Waals surface area contributed by atoms with Gasteiger partial charge in [0.2, 0.25) is 5.78 Å². The van der Waals surface area contributed by atoms with Gasteiger partial charge in [0.15, 0.2) is 23.6 Å². The predicted molar refractivity (Wildman–Crippen MR) is 269 cm³/mol. The second-order valence-corrected chi connectivity index (χ2v) is 14.8. The molecule has 13 nitrogen and oxygen atoms in total. The summed E-state index contributed by atoms with van der Waals surface area (Å²) in [6.45, 7) is 4.20. The number of rotatable bonds is 15. The van der Waals surface area contributed by atoms with E-state index in [2.05, 4.69) is 20.8 Å². The average Bonchev–Trinajstić information content (AvgIpc) is 4.01. The fourth-order valence-electron chi connectivity index (χ4n) is 5.51. The van der Waals surface area contributed by atoms with Crippen LogP contribution in [0.15, 0.2) is 167 Å². The number of furan rings is 2. The van der Waals surface area contributed by atoms with E-state index < -0.39 is 0 Å². The van der Waals surface area contributed by atoms with Crippen LogP contribution in [0.4, 0.5) is 0 Å². The van der Waals surface area contributed by atoms with Crippen LogP contribution in [0.2, 0.25) is 0 Å². The average molecular weight is 1100 g/mol. The van der Waals surface area contributed by atoms with Gasteiger partial charge in [0.25, 0.3) is 6.47 Å². The third-order valence-corrected chi connectivity index (χ3v) is 9.71. The third kappa shape index (κ3) is 24.4. The number of alkyl halides is 2. The smallest absolute Gasteiger partial charge is 1.00 e. The molecule has 6 aromatic carbocycles. The first-order valence-corrected chi connectivity index (χ1v) is 21.9. The van der Waals surface area contributed by atoms with E-state index in [1.807, 2.05) is 127 Å².